The number of ether oxygens (including phenoxy) is 1. The zero-order chi connectivity index (χ0) is 27.1. The van der Waals surface area contributed by atoms with Gasteiger partial charge < -0.3 is 14.6 Å². The smallest absolute Gasteiger partial charge is 0.305 e. The van der Waals surface area contributed by atoms with Crippen LogP contribution >= 0.6 is 11.6 Å². The van der Waals surface area contributed by atoms with E-state index in [1.165, 1.54) is 7.11 Å². The second kappa shape index (κ2) is 12.8. The van der Waals surface area contributed by atoms with Gasteiger partial charge >= 0.3 is 5.97 Å². The fourth-order valence-electron chi connectivity index (χ4n) is 5.08. The van der Waals surface area contributed by atoms with E-state index in [1.54, 1.807) is 35.4 Å². The molecular formula is C28H34ClN3O5S. The molecule has 38 heavy (non-hydrogen) atoms. The standard InChI is InChI=1S/C28H34ClN3O5S/c1-37-27(33)11-4-6-20-15-18-32(19-16-20)28(34)25(13-12-21-7-2-3-8-23(21)29)31-38(35,36)26-10-5-9-24-22(26)14-17-30-24/h2-3,5,7-10,14,17,20,25,30-31H,4,6,11-13,15-16,18-19H2,1H3. The third-order valence-electron chi connectivity index (χ3n) is 7.25. The average molecular weight is 560 g/mol. The first-order valence-electron chi connectivity index (χ1n) is 13.0. The quantitative estimate of drug-likeness (QED) is 0.331. The molecule has 0 saturated carbocycles. The number of nitrogens with one attached hydrogen (secondary N) is 2. The molecule has 204 valence electrons. The second-order valence-corrected chi connectivity index (χ2v) is 11.8. The number of methoxy groups -OCH3 is 1. The van der Waals surface area contributed by atoms with Crippen molar-refractivity contribution in [2.24, 2.45) is 5.92 Å². The Bertz CT molecular complexity index is 1370. The van der Waals surface area contributed by atoms with Gasteiger partial charge in [-0.1, -0.05) is 35.9 Å². The van der Waals surface area contributed by atoms with Crippen molar-refractivity contribution in [3.05, 3.63) is 65.3 Å². The Morgan fingerprint density at radius 1 is 1.13 bits per heavy atom. The van der Waals surface area contributed by atoms with E-state index < -0.39 is 16.1 Å². The van der Waals surface area contributed by atoms with E-state index in [4.69, 9.17) is 16.3 Å². The van der Waals surface area contributed by atoms with Gasteiger partial charge in [-0.25, -0.2) is 8.42 Å². The Labute approximate surface area is 228 Å². The van der Waals surface area contributed by atoms with Gasteiger partial charge in [0.05, 0.1) is 12.0 Å². The monoisotopic (exact) mass is 559 g/mol. The van der Waals surface area contributed by atoms with Crippen molar-refractivity contribution in [2.75, 3.05) is 20.2 Å². The average Bonchev–Trinajstić information content (AvgIpc) is 3.41. The number of fused-ring (bicyclic) bond motifs is 1. The molecule has 1 saturated heterocycles. The first-order chi connectivity index (χ1) is 18.3. The third-order valence-corrected chi connectivity index (χ3v) is 9.15. The van der Waals surface area contributed by atoms with E-state index in [-0.39, 0.29) is 23.2 Å². The van der Waals surface area contributed by atoms with Crippen molar-refractivity contribution >= 4 is 44.4 Å². The first kappa shape index (κ1) is 28.1. The Hall–Kier alpha value is -2.88. The lowest BCUT2D eigenvalue weighted by atomic mass is 9.91. The molecule has 10 heteroatoms. The van der Waals surface area contributed by atoms with E-state index in [0.717, 1.165) is 31.2 Å². The Morgan fingerprint density at radius 3 is 2.63 bits per heavy atom. The van der Waals surface area contributed by atoms with Crippen LogP contribution < -0.4 is 4.72 Å². The van der Waals surface area contributed by atoms with Crippen LogP contribution in [0, 0.1) is 5.92 Å². The summed E-state index contributed by atoms with van der Waals surface area (Å²) in [6, 6.07) is 13.2. The van der Waals surface area contributed by atoms with Crippen LogP contribution in [0.1, 0.15) is 44.1 Å². The summed E-state index contributed by atoms with van der Waals surface area (Å²) in [5.74, 6) is -0.00959. The van der Waals surface area contributed by atoms with Crippen molar-refractivity contribution in [2.45, 2.75) is 55.9 Å². The number of hydrogen-bond acceptors (Lipinski definition) is 5. The number of carbonyl (C=O) groups is 2. The molecule has 0 radical (unpaired) electrons. The highest BCUT2D eigenvalue weighted by Gasteiger charge is 2.32. The second-order valence-electron chi connectivity index (χ2n) is 9.74. The molecule has 1 fully saturated rings. The lowest BCUT2D eigenvalue weighted by Gasteiger charge is -2.34. The van der Waals surface area contributed by atoms with Crippen molar-refractivity contribution in [1.82, 2.24) is 14.6 Å². The summed E-state index contributed by atoms with van der Waals surface area (Å²) in [5.41, 5.74) is 1.57. The van der Waals surface area contributed by atoms with Crippen LogP contribution in [0.25, 0.3) is 10.9 Å². The summed E-state index contributed by atoms with van der Waals surface area (Å²) < 4.78 is 34.4. The van der Waals surface area contributed by atoms with Crippen LogP contribution in [-0.2, 0) is 30.8 Å². The minimum absolute atomic E-state index is 0.135. The molecule has 3 aromatic rings. The number of hydrogen-bond donors (Lipinski definition) is 2. The molecule has 2 N–H and O–H groups in total. The molecular weight excluding hydrogens is 526 g/mol. The van der Waals surface area contributed by atoms with Gasteiger partial charge in [-0.3, -0.25) is 9.59 Å². The molecule has 2 aromatic carbocycles. The summed E-state index contributed by atoms with van der Waals surface area (Å²) in [4.78, 5) is 30.0. The number of aromatic amines is 1. The van der Waals surface area contributed by atoms with Crippen molar-refractivity contribution in [3.8, 4) is 0 Å². The van der Waals surface area contributed by atoms with E-state index in [1.807, 2.05) is 24.3 Å². The summed E-state index contributed by atoms with van der Waals surface area (Å²) in [6.45, 7) is 1.11. The predicted octanol–water partition coefficient (Wildman–Crippen LogP) is 4.68. The SMILES string of the molecule is COC(=O)CCCC1CCN(C(=O)C(CCc2ccccc2Cl)NS(=O)(=O)c2cccc3[nH]ccc23)CC1. The van der Waals surface area contributed by atoms with Gasteiger partial charge in [-0.15, -0.1) is 0 Å². The minimum atomic E-state index is -3.98. The molecule has 1 aliphatic heterocycles. The van der Waals surface area contributed by atoms with E-state index in [9.17, 15) is 18.0 Å². The minimum Gasteiger partial charge on any atom is -0.469 e. The highest BCUT2D eigenvalue weighted by molar-refractivity contribution is 7.89. The van der Waals surface area contributed by atoms with Crippen LogP contribution in [0.5, 0.6) is 0 Å². The summed E-state index contributed by atoms with van der Waals surface area (Å²) >= 11 is 6.34. The van der Waals surface area contributed by atoms with Crippen LogP contribution in [0.4, 0.5) is 0 Å². The number of amides is 1. The van der Waals surface area contributed by atoms with Crippen molar-refractivity contribution in [1.29, 1.82) is 0 Å². The molecule has 1 unspecified atom stereocenters. The molecule has 2 heterocycles. The van der Waals surface area contributed by atoms with Gasteiger partial charge in [0.15, 0.2) is 0 Å². The van der Waals surface area contributed by atoms with Crippen molar-refractivity contribution < 1.29 is 22.7 Å². The zero-order valence-electron chi connectivity index (χ0n) is 21.5. The Balaban J connectivity index is 1.47. The number of aromatic nitrogens is 1. The van der Waals surface area contributed by atoms with Crippen LogP contribution in [0.3, 0.4) is 0 Å². The lowest BCUT2D eigenvalue weighted by Crippen LogP contribution is -2.50. The van der Waals surface area contributed by atoms with Gasteiger partial charge in [0.25, 0.3) is 0 Å². The molecule has 1 atom stereocenters. The van der Waals surface area contributed by atoms with Gasteiger partial charge in [-0.2, -0.15) is 4.72 Å². The number of aryl methyl sites for hydroxylation is 1. The number of esters is 1. The molecule has 8 nitrogen and oxygen atoms in total. The molecule has 1 aliphatic rings. The van der Waals surface area contributed by atoms with Crippen LogP contribution in [0.15, 0.2) is 59.6 Å². The number of nitrogens with zero attached hydrogens (tertiary/aromatic N) is 1. The number of piperidine rings is 1. The number of H-pyrrole nitrogens is 1. The lowest BCUT2D eigenvalue weighted by molar-refractivity contribution is -0.140. The zero-order valence-corrected chi connectivity index (χ0v) is 23.1. The van der Waals surface area contributed by atoms with E-state index in [2.05, 4.69) is 9.71 Å². The van der Waals surface area contributed by atoms with E-state index >= 15 is 0 Å². The van der Waals surface area contributed by atoms with Gasteiger partial charge in [0, 0.05) is 41.6 Å². The number of halogens is 1. The molecule has 0 aliphatic carbocycles. The van der Waals surface area contributed by atoms with Gasteiger partial charge in [0.2, 0.25) is 15.9 Å². The Morgan fingerprint density at radius 2 is 1.89 bits per heavy atom. The third kappa shape index (κ3) is 6.95. The molecule has 1 aromatic heterocycles. The first-order valence-corrected chi connectivity index (χ1v) is 14.8. The normalized spacial score (nSPS) is 15.5. The number of rotatable bonds is 11. The molecule has 1 amide bonds. The number of sulfonamides is 1. The maximum absolute atomic E-state index is 13.7. The highest BCUT2D eigenvalue weighted by Crippen LogP contribution is 2.26. The summed E-state index contributed by atoms with van der Waals surface area (Å²) in [7, 11) is -2.59. The molecule has 0 spiro atoms. The van der Waals surface area contributed by atoms with Crippen LogP contribution in [-0.4, -0.2) is 56.4 Å². The summed E-state index contributed by atoms with van der Waals surface area (Å²) in [5, 5.41) is 1.16. The fraction of sp³-hybridized carbons (Fsp3) is 0.429. The highest BCUT2D eigenvalue weighted by atomic mass is 35.5. The Kier molecular flexibility index (Phi) is 9.46. The maximum Gasteiger partial charge on any atom is 0.305 e. The molecule has 4 rings (SSSR count). The largest absolute Gasteiger partial charge is 0.469 e. The van der Waals surface area contributed by atoms with Gasteiger partial charge in [0.1, 0.15) is 6.04 Å². The summed E-state index contributed by atoms with van der Waals surface area (Å²) in [6.07, 6.45) is 6.13. The maximum atomic E-state index is 13.7. The number of likely N-dealkylation sites (tertiary alicyclic amines) is 1. The van der Waals surface area contributed by atoms with E-state index in [0.29, 0.717) is 47.8 Å². The van der Waals surface area contributed by atoms with Gasteiger partial charge in [-0.05, 0) is 74.3 Å². The van der Waals surface area contributed by atoms with Crippen LogP contribution in [0.2, 0.25) is 5.02 Å². The predicted molar refractivity (Wildman–Crippen MR) is 147 cm³/mol. The number of benzene rings is 2. The fourth-order valence-corrected chi connectivity index (χ4v) is 6.75. The molecule has 0 bridgehead atoms. The topological polar surface area (TPSA) is 109 Å². The van der Waals surface area contributed by atoms with Crippen molar-refractivity contribution in [3.63, 3.8) is 0 Å². The number of carbonyl (C=O) groups excluding carboxylic acids is 2.